The van der Waals surface area contributed by atoms with E-state index in [4.69, 9.17) is 9.47 Å². The zero-order chi connectivity index (χ0) is 19.0. The Morgan fingerprint density at radius 3 is 2.74 bits per heavy atom. The van der Waals surface area contributed by atoms with Crippen LogP contribution in [0.2, 0.25) is 0 Å². The number of carbonyl (C=O) groups is 1. The maximum atomic E-state index is 13.3. The van der Waals surface area contributed by atoms with Gasteiger partial charge in [0.15, 0.2) is 0 Å². The first kappa shape index (κ1) is 18.0. The fourth-order valence-corrected chi connectivity index (χ4v) is 4.54. The molecule has 3 heterocycles. The van der Waals surface area contributed by atoms with Gasteiger partial charge in [-0.2, -0.15) is 0 Å². The van der Waals surface area contributed by atoms with Crippen LogP contribution in [-0.2, 0) is 11.8 Å². The molecule has 1 atom stereocenters. The lowest BCUT2D eigenvalue weighted by Crippen LogP contribution is -2.37. The van der Waals surface area contributed by atoms with Crippen LogP contribution in [0.4, 0.5) is 0 Å². The van der Waals surface area contributed by atoms with Crippen LogP contribution in [0, 0.1) is 12.3 Å². The zero-order valence-corrected chi connectivity index (χ0v) is 16.1. The summed E-state index contributed by atoms with van der Waals surface area (Å²) in [5.74, 6) is 1.98. The Kier molecular flexibility index (Phi) is 4.63. The van der Waals surface area contributed by atoms with Crippen LogP contribution in [0.5, 0.6) is 5.75 Å². The standard InChI is InChI=1S/C20H26N4O3/c1-14-10-15(26-3)4-5-16(14)19(25)24-11-17(18-22-21-13-23(18)2)20(12-24)6-8-27-9-7-20/h4-5,10,13,17H,6-9,11-12H2,1-3H3. The average molecular weight is 370 g/mol. The number of rotatable bonds is 3. The van der Waals surface area contributed by atoms with E-state index in [-0.39, 0.29) is 17.2 Å². The molecule has 1 unspecified atom stereocenters. The summed E-state index contributed by atoms with van der Waals surface area (Å²) in [5.41, 5.74) is 1.67. The molecule has 1 amide bonds. The highest BCUT2D eigenvalue weighted by atomic mass is 16.5. The zero-order valence-electron chi connectivity index (χ0n) is 16.1. The molecule has 2 saturated heterocycles. The van der Waals surface area contributed by atoms with Gasteiger partial charge in [-0.15, -0.1) is 10.2 Å². The van der Waals surface area contributed by atoms with Gasteiger partial charge in [0, 0.05) is 50.2 Å². The Balaban J connectivity index is 1.65. The van der Waals surface area contributed by atoms with Crippen molar-refractivity contribution in [3.63, 3.8) is 0 Å². The van der Waals surface area contributed by atoms with Crippen molar-refractivity contribution in [1.82, 2.24) is 19.7 Å². The van der Waals surface area contributed by atoms with Crippen molar-refractivity contribution >= 4 is 5.91 Å². The molecule has 2 aromatic rings. The van der Waals surface area contributed by atoms with E-state index in [1.54, 1.807) is 13.4 Å². The fraction of sp³-hybridized carbons (Fsp3) is 0.550. The number of benzene rings is 1. The number of hydrogen-bond acceptors (Lipinski definition) is 5. The highest BCUT2D eigenvalue weighted by molar-refractivity contribution is 5.96. The second-order valence-corrected chi connectivity index (χ2v) is 7.69. The van der Waals surface area contributed by atoms with Gasteiger partial charge in [-0.05, 0) is 43.5 Å². The van der Waals surface area contributed by atoms with Crippen molar-refractivity contribution in [1.29, 1.82) is 0 Å². The van der Waals surface area contributed by atoms with Gasteiger partial charge in [0.1, 0.15) is 17.9 Å². The van der Waals surface area contributed by atoms with Crippen LogP contribution in [0.25, 0.3) is 0 Å². The third-order valence-electron chi connectivity index (χ3n) is 6.15. The molecule has 1 spiro atoms. The van der Waals surface area contributed by atoms with Crippen molar-refractivity contribution in [3.8, 4) is 5.75 Å². The molecule has 2 fully saturated rings. The lowest BCUT2D eigenvalue weighted by Gasteiger charge is -2.37. The summed E-state index contributed by atoms with van der Waals surface area (Å²) in [6, 6.07) is 5.62. The minimum atomic E-state index is 0.00901. The van der Waals surface area contributed by atoms with E-state index >= 15 is 0 Å². The van der Waals surface area contributed by atoms with Crippen LogP contribution in [0.15, 0.2) is 24.5 Å². The molecule has 2 aliphatic rings. The maximum Gasteiger partial charge on any atom is 0.254 e. The number of nitrogens with zero attached hydrogens (tertiary/aromatic N) is 4. The number of hydrogen-bond donors (Lipinski definition) is 0. The van der Waals surface area contributed by atoms with Gasteiger partial charge in [-0.25, -0.2) is 0 Å². The lowest BCUT2D eigenvalue weighted by molar-refractivity contribution is 0.0108. The molecule has 0 radical (unpaired) electrons. The van der Waals surface area contributed by atoms with Crippen molar-refractivity contribution < 1.29 is 14.3 Å². The van der Waals surface area contributed by atoms with Crippen molar-refractivity contribution in [2.75, 3.05) is 33.4 Å². The predicted octanol–water partition coefficient (Wildman–Crippen LogP) is 2.17. The highest BCUT2D eigenvalue weighted by Crippen LogP contribution is 2.49. The Morgan fingerprint density at radius 1 is 1.33 bits per heavy atom. The number of ether oxygens (including phenoxy) is 2. The summed E-state index contributed by atoms with van der Waals surface area (Å²) in [6.07, 6.45) is 3.62. The van der Waals surface area contributed by atoms with Crippen LogP contribution in [0.3, 0.4) is 0 Å². The summed E-state index contributed by atoms with van der Waals surface area (Å²) in [4.78, 5) is 15.3. The van der Waals surface area contributed by atoms with Gasteiger partial charge in [0.2, 0.25) is 0 Å². The summed E-state index contributed by atoms with van der Waals surface area (Å²) in [6.45, 7) is 4.82. The average Bonchev–Trinajstić information content (AvgIpc) is 3.25. The summed E-state index contributed by atoms with van der Waals surface area (Å²) in [5, 5.41) is 8.44. The molecule has 1 aromatic heterocycles. The molecule has 1 aromatic carbocycles. The summed E-state index contributed by atoms with van der Waals surface area (Å²) >= 11 is 0. The van der Waals surface area contributed by atoms with Crippen LogP contribution >= 0.6 is 0 Å². The number of amides is 1. The van der Waals surface area contributed by atoms with Gasteiger partial charge in [0.05, 0.1) is 7.11 Å². The quantitative estimate of drug-likeness (QED) is 0.828. The van der Waals surface area contributed by atoms with E-state index in [0.29, 0.717) is 6.54 Å². The number of methoxy groups -OCH3 is 1. The van der Waals surface area contributed by atoms with Crippen molar-refractivity contribution in [2.24, 2.45) is 12.5 Å². The van der Waals surface area contributed by atoms with Gasteiger partial charge in [0.25, 0.3) is 5.91 Å². The monoisotopic (exact) mass is 370 g/mol. The van der Waals surface area contributed by atoms with Crippen LogP contribution < -0.4 is 4.74 Å². The molecule has 4 rings (SSSR count). The van der Waals surface area contributed by atoms with Gasteiger partial charge >= 0.3 is 0 Å². The molecule has 27 heavy (non-hydrogen) atoms. The molecule has 144 valence electrons. The first-order valence-electron chi connectivity index (χ1n) is 9.40. The molecular formula is C20H26N4O3. The largest absolute Gasteiger partial charge is 0.497 e. The van der Waals surface area contributed by atoms with E-state index in [1.807, 2.05) is 41.6 Å². The SMILES string of the molecule is COc1ccc(C(=O)N2CC(c3nncn3C)C3(CCOCC3)C2)c(C)c1. The van der Waals surface area contributed by atoms with Crippen LogP contribution in [0.1, 0.15) is 40.5 Å². The summed E-state index contributed by atoms with van der Waals surface area (Å²) in [7, 11) is 3.61. The van der Waals surface area contributed by atoms with E-state index in [1.165, 1.54) is 0 Å². The molecular weight excluding hydrogens is 344 g/mol. The lowest BCUT2D eigenvalue weighted by atomic mass is 9.72. The molecule has 7 heteroatoms. The van der Waals surface area contributed by atoms with E-state index in [0.717, 1.165) is 55.3 Å². The van der Waals surface area contributed by atoms with Gasteiger partial charge in [-0.3, -0.25) is 4.79 Å². The third-order valence-corrected chi connectivity index (χ3v) is 6.15. The molecule has 2 aliphatic heterocycles. The molecule has 0 aliphatic carbocycles. The number of carbonyl (C=O) groups excluding carboxylic acids is 1. The predicted molar refractivity (Wildman–Crippen MR) is 99.9 cm³/mol. The highest BCUT2D eigenvalue weighted by Gasteiger charge is 2.51. The topological polar surface area (TPSA) is 69.5 Å². The van der Waals surface area contributed by atoms with E-state index < -0.39 is 0 Å². The van der Waals surface area contributed by atoms with Gasteiger partial charge in [-0.1, -0.05) is 0 Å². The Bertz CT molecular complexity index is 842. The Hall–Kier alpha value is -2.41. The van der Waals surface area contributed by atoms with Crippen LogP contribution in [-0.4, -0.2) is 59.0 Å². The first-order valence-corrected chi connectivity index (χ1v) is 9.40. The molecule has 7 nitrogen and oxygen atoms in total. The maximum absolute atomic E-state index is 13.3. The third kappa shape index (κ3) is 3.10. The fourth-order valence-electron chi connectivity index (χ4n) is 4.54. The molecule has 0 N–H and O–H groups in total. The smallest absolute Gasteiger partial charge is 0.254 e. The number of aryl methyl sites for hydroxylation is 2. The van der Waals surface area contributed by atoms with Gasteiger partial charge < -0.3 is 18.9 Å². The van der Waals surface area contributed by atoms with Crippen molar-refractivity contribution in [3.05, 3.63) is 41.5 Å². The molecule has 0 bridgehead atoms. The Morgan fingerprint density at radius 2 is 2.11 bits per heavy atom. The number of aromatic nitrogens is 3. The van der Waals surface area contributed by atoms with E-state index in [9.17, 15) is 4.79 Å². The molecule has 0 saturated carbocycles. The van der Waals surface area contributed by atoms with Crippen molar-refractivity contribution in [2.45, 2.75) is 25.7 Å². The van der Waals surface area contributed by atoms with E-state index in [2.05, 4.69) is 10.2 Å². The normalized spacial score (nSPS) is 21.6. The first-order chi connectivity index (χ1) is 13.0. The summed E-state index contributed by atoms with van der Waals surface area (Å²) < 4.78 is 12.9. The Labute approximate surface area is 159 Å². The second kappa shape index (κ2) is 6.96. The second-order valence-electron chi connectivity index (χ2n) is 7.69. The number of likely N-dealkylation sites (tertiary alicyclic amines) is 1. The minimum Gasteiger partial charge on any atom is -0.497 e. The minimum absolute atomic E-state index is 0.00901.